The number of nitrogens with one attached hydrogen (secondary N) is 1. The highest BCUT2D eigenvalue weighted by molar-refractivity contribution is 7.91. The van der Waals surface area contributed by atoms with E-state index in [2.05, 4.69) is 14.7 Å². The van der Waals surface area contributed by atoms with Crippen molar-refractivity contribution in [3.05, 3.63) is 47.4 Å². The van der Waals surface area contributed by atoms with E-state index in [1.807, 2.05) is 46.8 Å². The molecule has 0 bridgehead atoms. The number of carbonyl (C=O) groups excluding carboxylic acids is 1. The SMILES string of the molecule is CC(C)c1nc(NS(C)(=O)=O)nc(-c2ccc(F)cc2)c1C=CC1CC(CC(=O)OC(C)(C)C)OC(C)(C)O1. The monoisotopic (exact) mass is 563 g/mol. The molecule has 2 aromatic rings. The molecular weight excluding hydrogens is 525 g/mol. The maximum Gasteiger partial charge on any atom is 0.308 e. The lowest BCUT2D eigenvalue weighted by molar-refractivity contribution is -0.290. The highest BCUT2D eigenvalue weighted by Crippen LogP contribution is 2.33. The Morgan fingerprint density at radius 3 is 2.41 bits per heavy atom. The number of esters is 1. The zero-order valence-electron chi connectivity index (χ0n) is 23.7. The molecule has 0 saturated carbocycles. The van der Waals surface area contributed by atoms with Gasteiger partial charge in [0.05, 0.1) is 36.3 Å². The number of aromatic nitrogens is 2. The van der Waals surface area contributed by atoms with E-state index in [4.69, 9.17) is 14.2 Å². The molecule has 9 nitrogen and oxygen atoms in total. The molecule has 0 radical (unpaired) electrons. The minimum Gasteiger partial charge on any atom is -0.460 e. The van der Waals surface area contributed by atoms with E-state index in [0.717, 1.165) is 6.26 Å². The molecule has 0 spiro atoms. The summed E-state index contributed by atoms with van der Waals surface area (Å²) >= 11 is 0. The minimum atomic E-state index is -3.63. The van der Waals surface area contributed by atoms with Gasteiger partial charge in [-0.1, -0.05) is 26.0 Å². The Bertz CT molecular complexity index is 1320. The van der Waals surface area contributed by atoms with E-state index < -0.39 is 39.4 Å². The third-order valence-corrected chi connectivity index (χ3v) is 6.14. The molecule has 1 fully saturated rings. The first-order valence-electron chi connectivity index (χ1n) is 12.8. The lowest BCUT2D eigenvalue weighted by Crippen LogP contribution is -2.45. The average molecular weight is 564 g/mol. The Balaban J connectivity index is 2.00. The van der Waals surface area contributed by atoms with E-state index in [-0.39, 0.29) is 24.3 Å². The normalized spacial score (nSPS) is 19.8. The first-order valence-corrected chi connectivity index (χ1v) is 14.7. The molecule has 2 unspecified atom stereocenters. The lowest BCUT2D eigenvalue weighted by atomic mass is 9.97. The van der Waals surface area contributed by atoms with Crippen molar-refractivity contribution in [2.75, 3.05) is 11.0 Å². The highest BCUT2D eigenvalue weighted by atomic mass is 32.2. The van der Waals surface area contributed by atoms with Crippen LogP contribution in [0, 0.1) is 5.82 Å². The van der Waals surface area contributed by atoms with Crippen LogP contribution in [0.15, 0.2) is 30.3 Å². The number of hydrogen-bond donors (Lipinski definition) is 1. The number of rotatable bonds is 8. The molecule has 1 aromatic heterocycles. The van der Waals surface area contributed by atoms with Gasteiger partial charge in [-0.05, 0) is 64.8 Å². The zero-order chi connectivity index (χ0) is 29.2. The van der Waals surface area contributed by atoms with Gasteiger partial charge in [-0.3, -0.25) is 9.52 Å². The summed E-state index contributed by atoms with van der Waals surface area (Å²) in [5.74, 6) is -1.87. The van der Waals surface area contributed by atoms with Crippen LogP contribution in [-0.2, 0) is 29.0 Å². The molecule has 3 rings (SSSR count). The van der Waals surface area contributed by atoms with E-state index >= 15 is 0 Å². The van der Waals surface area contributed by atoms with Crippen molar-refractivity contribution in [3.63, 3.8) is 0 Å². The van der Waals surface area contributed by atoms with Crippen LogP contribution in [0.4, 0.5) is 10.3 Å². The van der Waals surface area contributed by atoms with Crippen LogP contribution in [0.5, 0.6) is 0 Å². The van der Waals surface area contributed by atoms with Gasteiger partial charge in [-0.15, -0.1) is 0 Å². The third-order valence-electron chi connectivity index (χ3n) is 5.59. The molecule has 11 heteroatoms. The van der Waals surface area contributed by atoms with Gasteiger partial charge in [0.15, 0.2) is 5.79 Å². The van der Waals surface area contributed by atoms with Crippen molar-refractivity contribution >= 4 is 28.0 Å². The van der Waals surface area contributed by atoms with Gasteiger partial charge in [0.25, 0.3) is 0 Å². The smallest absolute Gasteiger partial charge is 0.308 e. The number of sulfonamides is 1. The minimum absolute atomic E-state index is 0.0708. The molecule has 1 aliphatic rings. The largest absolute Gasteiger partial charge is 0.460 e. The van der Waals surface area contributed by atoms with Crippen LogP contribution < -0.4 is 4.72 Å². The maximum atomic E-state index is 13.7. The van der Waals surface area contributed by atoms with E-state index in [0.29, 0.717) is 28.9 Å². The summed E-state index contributed by atoms with van der Waals surface area (Å²) in [6.45, 7) is 12.9. The van der Waals surface area contributed by atoms with Gasteiger partial charge in [0.1, 0.15) is 11.4 Å². The van der Waals surface area contributed by atoms with E-state index in [1.165, 1.54) is 12.1 Å². The molecule has 1 saturated heterocycles. The number of nitrogens with zero attached hydrogens (tertiary/aromatic N) is 2. The third kappa shape index (κ3) is 9.36. The first-order chi connectivity index (χ1) is 17.9. The van der Waals surface area contributed by atoms with Gasteiger partial charge in [-0.2, -0.15) is 0 Å². The molecule has 1 N–H and O–H groups in total. The summed E-state index contributed by atoms with van der Waals surface area (Å²) in [5, 5.41) is 0. The topological polar surface area (TPSA) is 117 Å². The average Bonchev–Trinajstić information content (AvgIpc) is 2.74. The Morgan fingerprint density at radius 1 is 1.21 bits per heavy atom. The van der Waals surface area contributed by atoms with Gasteiger partial charge < -0.3 is 14.2 Å². The second kappa shape index (κ2) is 11.7. The highest BCUT2D eigenvalue weighted by Gasteiger charge is 2.36. The second-order valence-electron chi connectivity index (χ2n) is 11.4. The molecular formula is C28H38FN3O6S. The van der Waals surface area contributed by atoms with Crippen LogP contribution in [0.2, 0.25) is 0 Å². The number of carbonyl (C=O) groups is 1. The molecule has 1 aliphatic heterocycles. The summed E-state index contributed by atoms with van der Waals surface area (Å²) in [6.07, 6.45) is 4.38. The lowest BCUT2D eigenvalue weighted by Gasteiger charge is -2.39. The molecule has 1 aromatic carbocycles. The van der Waals surface area contributed by atoms with Gasteiger partial charge in [0.2, 0.25) is 16.0 Å². The summed E-state index contributed by atoms with van der Waals surface area (Å²) in [4.78, 5) is 21.4. The van der Waals surface area contributed by atoms with Crippen molar-refractivity contribution in [1.29, 1.82) is 0 Å². The predicted molar refractivity (Wildman–Crippen MR) is 148 cm³/mol. The van der Waals surface area contributed by atoms with Crippen molar-refractivity contribution in [2.24, 2.45) is 0 Å². The Morgan fingerprint density at radius 2 is 1.85 bits per heavy atom. The summed E-state index contributed by atoms with van der Waals surface area (Å²) < 4.78 is 57.5. The fourth-order valence-corrected chi connectivity index (χ4v) is 4.72. The Labute approximate surface area is 230 Å². The summed E-state index contributed by atoms with van der Waals surface area (Å²) in [5.41, 5.74) is 1.68. The summed E-state index contributed by atoms with van der Waals surface area (Å²) in [6, 6.07) is 5.78. The van der Waals surface area contributed by atoms with Crippen LogP contribution in [0.3, 0.4) is 0 Å². The molecule has 0 aliphatic carbocycles. The van der Waals surface area contributed by atoms with Gasteiger partial charge >= 0.3 is 5.97 Å². The first kappa shape index (κ1) is 30.6. The number of halogens is 1. The predicted octanol–water partition coefficient (Wildman–Crippen LogP) is 5.43. The van der Waals surface area contributed by atoms with Crippen LogP contribution in [0.1, 0.15) is 78.5 Å². The van der Waals surface area contributed by atoms with Crippen molar-refractivity contribution in [1.82, 2.24) is 9.97 Å². The summed E-state index contributed by atoms with van der Waals surface area (Å²) in [7, 11) is -3.63. The maximum absolute atomic E-state index is 13.7. The van der Waals surface area contributed by atoms with Crippen LogP contribution in [0.25, 0.3) is 17.3 Å². The molecule has 2 heterocycles. The van der Waals surface area contributed by atoms with Crippen LogP contribution >= 0.6 is 0 Å². The van der Waals surface area contributed by atoms with Crippen molar-refractivity contribution in [2.45, 2.75) is 90.8 Å². The number of ether oxygens (including phenoxy) is 3. The fraction of sp³-hybridized carbons (Fsp3) is 0.536. The van der Waals surface area contributed by atoms with Crippen molar-refractivity contribution in [3.8, 4) is 11.3 Å². The Hall–Kier alpha value is -2.89. The van der Waals surface area contributed by atoms with Crippen LogP contribution in [-0.4, -0.2) is 54.2 Å². The van der Waals surface area contributed by atoms with Gasteiger partial charge in [0, 0.05) is 17.5 Å². The quantitative estimate of drug-likeness (QED) is 0.423. The fourth-order valence-electron chi connectivity index (χ4n) is 4.29. The second-order valence-corrected chi connectivity index (χ2v) is 13.2. The standard InChI is InChI=1S/C28H38FN3O6S/c1-17(2)24-22(25(18-9-11-19(29)12-10-18)31-26(30-24)32-39(8,34)35)14-13-20-15-21(37-28(6,7)36-20)16-23(33)38-27(3,4)5/h9-14,17,20-21H,15-16H2,1-8H3,(H,30,31,32). The van der Waals surface area contributed by atoms with Crippen molar-refractivity contribution < 1.29 is 31.8 Å². The Kier molecular flexibility index (Phi) is 9.19. The zero-order valence-corrected chi connectivity index (χ0v) is 24.6. The van der Waals surface area contributed by atoms with E-state index in [9.17, 15) is 17.6 Å². The van der Waals surface area contributed by atoms with Gasteiger partial charge in [-0.25, -0.2) is 22.8 Å². The number of anilines is 1. The molecule has 214 valence electrons. The molecule has 0 amide bonds. The number of benzene rings is 1. The number of hydrogen-bond acceptors (Lipinski definition) is 8. The van der Waals surface area contributed by atoms with E-state index in [1.54, 1.807) is 26.0 Å². The molecule has 39 heavy (non-hydrogen) atoms. The molecule has 2 atom stereocenters.